The van der Waals surface area contributed by atoms with Crippen molar-refractivity contribution in [3.63, 3.8) is 0 Å². The number of hydrogen-bond acceptors (Lipinski definition) is 4. The van der Waals surface area contributed by atoms with Gasteiger partial charge in [-0.05, 0) is 49.9 Å². The van der Waals surface area contributed by atoms with E-state index in [4.69, 9.17) is 4.74 Å². The molecule has 1 aromatic carbocycles. The van der Waals surface area contributed by atoms with Crippen molar-refractivity contribution in [2.45, 2.75) is 39.0 Å². The van der Waals surface area contributed by atoms with Crippen LogP contribution in [0.3, 0.4) is 0 Å². The van der Waals surface area contributed by atoms with E-state index >= 15 is 0 Å². The summed E-state index contributed by atoms with van der Waals surface area (Å²) >= 11 is 0. The van der Waals surface area contributed by atoms with Gasteiger partial charge in [0.2, 0.25) is 0 Å². The average Bonchev–Trinajstić information content (AvgIpc) is 2.46. The Bertz CT molecular complexity index is 735. The minimum absolute atomic E-state index is 0.0467. The summed E-state index contributed by atoms with van der Waals surface area (Å²) in [5, 5.41) is 19.4. The molecule has 0 aliphatic heterocycles. The summed E-state index contributed by atoms with van der Waals surface area (Å²) in [7, 11) is 0. The minimum atomic E-state index is -1.33. The highest BCUT2D eigenvalue weighted by Crippen LogP contribution is 2.46. The Morgan fingerprint density at radius 2 is 1.83 bits per heavy atom. The quantitative estimate of drug-likeness (QED) is 0.499. The van der Waals surface area contributed by atoms with Crippen LogP contribution < -0.4 is 4.74 Å². The van der Waals surface area contributed by atoms with Gasteiger partial charge in [0.1, 0.15) is 5.75 Å². The summed E-state index contributed by atoms with van der Waals surface area (Å²) < 4.78 is 5.02. The van der Waals surface area contributed by atoms with Gasteiger partial charge in [0.05, 0.1) is 10.8 Å². The van der Waals surface area contributed by atoms with E-state index in [1.165, 1.54) is 19.9 Å². The molecule has 1 aromatic rings. The molecular formula is C18H20O6. The predicted molar refractivity (Wildman–Crippen MR) is 85.9 cm³/mol. The van der Waals surface area contributed by atoms with Crippen molar-refractivity contribution in [2.75, 3.05) is 0 Å². The molecule has 2 atom stereocenters. The summed E-state index contributed by atoms with van der Waals surface area (Å²) in [6, 6.07) is 4.73. The molecule has 1 aliphatic carbocycles. The smallest absolute Gasteiger partial charge is 0.314 e. The molecule has 0 saturated heterocycles. The number of allylic oxidation sites excluding steroid dienone is 1. The number of rotatable bonds is 4. The second kappa shape index (κ2) is 6.11. The van der Waals surface area contributed by atoms with Crippen molar-refractivity contribution < 1.29 is 29.3 Å². The number of benzene rings is 1. The highest BCUT2D eigenvalue weighted by Gasteiger charge is 2.50. The van der Waals surface area contributed by atoms with E-state index < -0.39 is 28.7 Å². The zero-order valence-electron chi connectivity index (χ0n) is 13.8. The third kappa shape index (κ3) is 3.04. The van der Waals surface area contributed by atoms with Gasteiger partial charge >= 0.3 is 17.9 Å². The molecule has 1 aliphatic rings. The third-order valence-electron chi connectivity index (χ3n) is 4.49. The van der Waals surface area contributed by atoms with Gasteiger partial charge in [-0.15, -0.1) is 0 Å². The first kappa shape index (κ1) is 17.7. The average molecular weight is 332 g/mol. The lowest BCUT2D eigenvalue weighted by Crippen LogP contribution is -2.45. The van der Waals surface area contributed by atoms with Crippen LogP contribution >= 0.6 is 0 Å². The van der Waals surface area contributed by atoms with E-state index in [1.807, 2.05) is 0 Å². The predicted octanol–water partition coefficient (Wildman–Crippen LogP) is 2.68. The number of esters is 1. The van der Waals surface area contributed by atoms with Gasteiger partial charge < -0.3 is 14.9 Å². The molecule has 0 aromatic heterocycles. The number of hydrogen-bond donors (Lipinski definition) is 2. The standard InChI is InChI=1S/C18H20O6/c1-11-9-13(24-12(2)19)5-6-14(11)18(16(22)23)8-4-7-17(3,10-18)15(20)21/h4-7,9H,8,10H2,1-3H3,(H,20,21)(H,22,23). The Morgan fingerprint density at radius 1 is 1.17 bits per heavy atom. The highest BCUT2D eigenvalue weighted by molar-refractivity contribution is 5.86. The van der Waals surface area contributed by atoms with Crippen LogP contribution in [0.2, 0.25) is 0 Å². The first-order valence-corrected chi connectivity index (χ1v) is 7.55. The van der Waals surface area contributed by atoms with Crippen LogP contribution in [0.4, 0.5) is 0 Å². The molecule has 0 bridgehead atoms. The summed E-state index contributed by atoms with van der Waals surface area (Å²) in [6.07, 6.45) is 3.33. The topological polar surface area (TPSA) is 101 Å². The molecule has 128 valence electrons. The van der Waals surface area contributed by atoms with Crippen molar-refractivity contribution in [3.05, 3.63) is 41.5 Å². The summed E-state index contributed by atoms with van der Waals surface area (Å²) in [5.74, 6) is -2.26. The molecule has 0 radical (unpaired) electrons. The van der Waals surface area contributed by atoms with Gasteiger partial charge in [0.15, 0.2) is 0 Å². The Morgan fingerprint density at radius 3 is 2.33 bits per heavy atom. The molecule has 2 rings (SSSR count). The van der Waals surface area contributed by atoms with Crippen LogP contribution in [0.1, 0.15) is 37.8 Å². The zero-order chi connectivity index (χ0) is 18.1. The number of ether oxygens (including phenoxy) is 1. The largest absolute Gasteiger partial charge is 0.481 e. The zero-order valence-corrected chi connectivity index (χ0v) is 13.8. The number of aryl methyl sites for hydroxylation is 1. The van der Waals surface area contributed by atoms with Gasteiger partial charge in [-0.1, -0.05) is 18.2 Å². The first-order valence-electron chi connectivity index (χ1n) is 7.55. The van der Waals surface area contributed by atoms with Crippen LogP contribution in [-0.4, -0.2) is 28.1 Å². The Labute approximate surface area is 139 Å². The molecule has 6 nitrogen and oxygen atoms in total. The van der Waals surface area contributed by atoms with E-state index in [0.29, 0.717) is 16.9 Å². The molecule has 0 fully saturated rings. The number of carboxylic acids is 2. The fraction of sp³-hybridized carbons (Fsp3) is 0.389. The number of carbonyl (C=O) groups is 3. The number of aliphatic carboxylic acids is 2. The van der Waals surface area contributed by atoms with Crippen LogP contribution in [0.25, 0.3) is 0 Å². The van der Waals surface area contributed by atoms with E-state index in [2.05, 4.69) is 0 Å². The molecular weight excluding hydrogens is 312 g/mol. The lowest BCUT2D eigenvalue weighted by molar-refractivity contribution is -0.151. The fourth-order valence-corrected chi connectivity index (χ4v) is 3.31. The first-order chi connectivity index (χ1) is 11.1. The summed E-state index contributed by atoms with van der Waals surface area (Å²) in [4.78, 5) is 34.7. The molecule has 6 heteroatoms. The SMILES string of the molecule is CC(=O)Oc1ccc(C2(C(=O)O)CC=CC(C)(C(=O)O)C2)c(C)c1. The lowest BCUT2D eigenvalue weighted by Gasteiger charge is -2.39. The monoisotopic (exact) mass is 332 g/mol. The number of carboxylic acid groups (broad SMARTS) is 2. The molecule has 0 amide bonds. The maximum absolute atomic E-state index is 12.1. The molecule has 2 N–H and O–H groups in total. The van der Waals surface area contributed by atoms with Gasteiger partial charge in [-0.25, -0.2) is 0 Å². The Kier molecular flexibility index (Phi) is 4.51. The van der Waals surface area contributed by atoms with Crippen LogP contribution in [0, 0.1) is 12.3 Å². The Balaban J connectivity index is 2.53. The molecule has 2 unspecified atom stereocenters. The summed E-state index contributed by atoms with van der Waals surface area (Å²) in [5.41, 5.74) is -1.42. The third-order valence-corrected chi connectivity index (χ3v) is 4.49. The van der Waals surface area contributed by atoms with Crippen molar-refractivity contribution in [1.82, 2.24) is 0 Å². The van der Waals surface area contributed by atoms with Gasteiger partial charge in [-0.3, -0.25) is 14.4 Å². The van der Waals surface area contributed by atoms with E-state index in [-0.39, 0.29) is 12.8 Å². The van der Waals surface area contributed by atoms with E-state index in [1.54, 1.807) is 31.2 Å². The van der Waals surface area contributed by atoms with Crippen molar-refractivity contribution in [3.8, 4) is 5.75 Å². The molecule has 0 heterocycles. The fourth-order valence-electron chi connectivity index (χ4n) is 3.31. The summed E-state index contributed by atoms with van der Waals surface area (Å²) in [6.45, 7) is 4.53. The second-order valence-corrected chi connectivity index (χ2v) is 6.46. The van der Waals surface area contributed by atoms with Gasteiger partial charge in [0.25, 0.3) is 0 Å². The van der Waals surface area contributed by atoms with Crippen molar-refractivity contribution >= 4 is 17.9 Å². The minimum Gasteiger partial charge on any atom is -0.481 e. The number of carbonyl (C=O) groups excluding carboxylic acids is 1. The van der Waals surface area contributed by atoms with E-state index in [9.17, 15) is 24.6 Å². The maximum atomic E-state index is 12.1. The van der Waals surface area contributed by atoms with E-state index in [0.717, 1.165) is 0 Å². The lowest BCUT2D eigenvalue weighted by atomic mass is 9.62. The van der Waals surface area contributed by atoms with Crippen LogP contribution in [0.5, 0.6) is 5.75 Å². The Hall–Kier alpha value is -2.63. The normalized spacial score (nSPS) is 26.0. The van der Waals surface area contributed by atoms with Gasteiger partial charge in [-0.2, -0.15) is 0 Å². The van der Waals surface area contributed by atoms with Crippen molar-refractivity contribution in [2.24, 2.45) is 5.41 Å². The van der Waals surface area contributed by atoms with Crippen LogP contribution in [0.15, 0.2) is 30.4 Å². The highest BCUT2D eigenvalue weighted by atomic mass is 16.5. The van der Waals surface area contributed by atoms with Gasteiger partial charge in [0, 0.05) is 6.92 Å². The second-order valence-electron chi connectivity index (χ2n) is 6.46. The molecule has 0 saturated carbocycles. The van der Waals surface area contributed by atoms with Crippen molar-refractivity contribution in [1.29, 1.82) is 0 Å². The molecule has 24 heavy (non-hydrogen) atoms. The molecule has 0 spiro atoms. The van der Waals surface area contributed by atoms with Crippen LogP contribution in [-0.2, 0) is 19.8 Å². The maximum Gasteiger partial charge on any atom is 0.314 e.